The minimum atomic E-state index is -0.853. The summed E-state index contributed by atoms with van der Waals surface area (Å²) in [7, 11) is 0. The molecular weight excluding hydrogens is 230 g/mol. The van der Waals surface area contributed by atoms with Gasteiger partial charge in [0, 0.05) is 13.0 Å². The van der Waals surface area contributed by atoms with Gasteiger partial charge in [-0.05, 0) is 25.7 Å². The van der Waals surface area contributed by atoms with E-state index in [1.165, 1.54) is 19.3 Å². The molecule has 0 spiro atoms. The third-order valence-electron chi connectivity index (χ3n) is 3.60. The van der Waals surface area contributed by atoms with Crippen LogP contribution < -0.4 is 0 Å². The number of hydrogen-bond acceptors (Lipinski definition) is 2. The lowest BCUT2D eigenvalue weighted by Gasteiger charge is -2.33. The topological polar surface area (TPSA) is 57.6 Å². The molecule has 1 fully saturated rings. The van der Waals surface area contributed by atoms with Crippen LogP contribution in [0.5, 0.6) is 0 Å². The summed E-state index contributed by atoms with van der Waals surface area (Å²) >= 11 is 0. The fraction of sp³-hybridized carbons (Fsp3) is 0.857. The minimum Gasteiger partial charge on any atom is -0.480 e. The van der Waals surface area contributed by atoms with Crippen molar-refractivity contribution in [3.05, 3.63) is 0 Å². The number of carbonyl (C=O) groups excluding carboxylic acids is 1. The molecule has 4 heteroatoms. The zero-order valence-corrected chi connectivity index (χ0v) is 11.4. The summed E-state index contributed by atoms with van der Waals surface area (Å²) in [4.78, 5) is 24.7. The zero-order valence-electron chi connectivity index (χ0n) is 11.4. The molecule has 0 aliphatic carbocycles. The summed E-state index contributed by atoms with van der Waals surface area (Å²) in [6, 6.07) is -0.582. The summed E-state index contributed by atoms with van der Waals surface area (Å²) in [5.74, 6) is -0.826. The predicted molar refractivity (Wildman–Crippen MR) is 70.4 cm³/mol. The third kappa shape index (κ3) is 4.67. The molecular formula is C14H25NO3. The van der Waals surface area contributed by atoms with Crippen LogP contribution >= 0.6 is 0 Å². The van der Waals surface area contributed by atoms with Crippen molar-refractivity contribution < 1.29 is 14.7 Å². The van der Waals surface area contributed by atoms with Crippen molar-refractivity contribution in [2.24, 2.45) is 0 Å². The smallest absolute Gasteiger partial charge is 0.326 e. The van der Waals surface area contributed by atoms with Crippen LogP contribution in [0.25, 0.3) is 0 Å². The normalized spacial score (nSPS) is 19.8. The van der Waals surface area contributed by atoms with E-state index < -0.39 is 12.0 Å². The summed E-state index contributed by atoms with van der Waals surface area (Å²) in [5, 5.41) is 9.11. The van der Waals surface area contributed by atoms with E-state index in [0.717, 1.165) is 25.7 Å². The number of aliphatic carboxylic acids is 1. The van der Waals surface area contributed by atoms with E-state index in [2.05, 4.69) is 6.92 Å². The minimum absolute atomic E-state index is 0.0265. The number of amides is 1. The van der Waals surface area contributed by atoms with E-state index >= 15 is 0 Å². The number of likely N-dealkylation sites (tertiary alicyclic amines) is 1. The predicted octanol–water partition coefficient (Wildman–Crippen LogP) is 2.81. The molecule has 0 radical (unpaired) electrons. The molecule has 0 saturated carbocycles. The lowest BCUT2D eigenvalue weighted by atomic mass is 10.0. The lowest BCUT2D eigenvalue weighted by Crippen LogP contribution is -2.47. The molecule has 0 aromatic heterocycles. The molecule has 1 N–H and O–H groups in total. The van der Waals surface area contributed by atoms with Crippen molar-refractivity contribution in [3.8, 4) is 0 Å². The second-order valence-corrected chi connectivity index (χ2v) is 5.10. The highest BCUT2D eigenvalue weighted by Crippen LogP contribution is 2.19. The Morgan fingerprint density at radius 3 is 2.56 bits per heavy atom. The maximum Gasteiger partial charge on any atom is 0.326 e. The van der Waals surface area contributed by atoms with E-state index in [0.29, 0.717) is 19.4 Å². The summed E-state index contributed by atoms with van der Waals surface area (Å²) in [5.41, 5.74) is 0. The third-order valence-corrected chi connectivity index (χ3v) is 3.60. The number of carboxylic acids is 1. The van der Waals surface area contributed by atoms with Gasteiger partial charge in [-0.15, -0.1) is 0 Å². The van der Waals surface area contributed by atoms with Crippen LogP contribution in [-0.2, 0) is 9.59 Å². The van der Waals surface area contributed by atoms with Gasteiger partial charge in [0.2, 0.25) is 5.91 Å². The van der Waals surface area contributed by atoms with Crippen LogP contribution in [-0.4, -0.2) is 34.5 Å². The summed E-state index contributed by atoms with van der Waals surface area (Å²) in [6.07, 6.45) is 8.52. The Labute approximate surface area is 109 Å². The first kappa shape index (κ1) is 15.0. The molecule has 1 heterocycles. The fourth-order valence-corrected chi connectivity index (χ4v) is 2.51. The molecule has 0 bridgehead atoms. The number of carboxylic acid groups (broad SMARTS) is 1. The summed E-state index contributed by atoms with van der Waals surface area (Å²) < 4.78 is 0. The molecule has 1 amide bonds. The maximum absolute atomic E-state index is 12.0. The molecule has 0 aromatic carbocycles. The maximum atomic E-state index is 12.0. The van der Waals surface area contributed by atoms with Crippen LogP contribution in [0.4, 0.5) is 0 Å². The molecule has 1 saturated heterocycles. The molecule has 4 nitrogen and oxygen atoms in total. The van der Waals surface area contributed by atoms with Gasteiger partial charge < -0.3 is 10.0 Å². The first-order valence-corrected chi connectivity index (χ1v) is 7.19. The van der Waals surface area contributed by atoms with Crippen LogP contribution in [0.2, 0.25) is 0 Å². The number of nitrogens with zero attached hydrogens (tertiary/aromatic N) is 1. The SMILES string of the molecule is CCCCCCCC(=O)N1CCCC[C@@H]1C(=O)O. The second kappa shape index (κ2) is 8.11. The van der Waals surface area contributed by atoms with Gasteiger partial charge in [-0.1, -0.05) is 32.6 Å². The Morgan fingerprint density at radius 1 is 1.17 bits per heavy atom. The highest BCUT2D eigenvalue weighted by molar-refractivity contribution is 5.83. The quantitative estimate of drug-likeness (QED) is 0.712. The van der Waals surface area contributed by atoms with Crippen molar-refractivity contribution in [1.29, 1.82) is 0 Å². The Kier molecular flexibility index (Phi) is 6.76. The Hall–Kier alpha value is -1.06. The Bertz CT molecular complexity index is 278. The standard InChI is InChI=1S/C14H25NO3/c1-2-3-4-5-6-10-13(16)15-11-8-7-9-12(15)14(17)18/h12H,2-11H2,1H3,(H,17,18)/t12-/m1/s1. The van der Waals surface area contributed by atoms with Crippen molar-refractivity contribution >= 4 is 11.9 Å². The van der Waals surface area contributed by atoms with Crippen LogP contribution in [0, 0.1) is 0 Å². The highest BCUT2D eigenvalue weighted by atomic mass is 16.4. The van der Waals surface area contributed by atoms with Crippen LogP contribution in [0.3, 0.4) is 0 Å². The Balaban J connectivity index is 2.32. The van der Waals surface area contributed by atoms with Crippen molar-refractivity contribution in [1.82, 2.24) is 4.90 Å². The molecule has 18 heavy (non-hydrogen) atoms. The fourth-order valence-electron chi connectivity index (χ4n) is 2.51. The number of piperidine rings is 1. The molecule has 1 aliphatic rings. The molecule has 0 aromatic rings. The zero-order chi connectivity index (χ0) is 13.4. The number of carbonyl (C=O) groups is 2. The largest absolute Gasteiger partial charge is 0.480 e. The first-order valence-electron chi connectivity index (χ1n) is 7.19. The molecule has 1 aliphatic heterocycles. The first-order chi connectivity index (χ1) is 8.66. The van der Waals surface area contributed by atoms with Gasteiger partial charge in [-0.2, -0.15) is 0 Å². The average Bonchev–Trinajstić information content (AvgIpc) is 2.38. The van der Waals surface area contributed by atoms with Gasteiger partial charge in [0.05, 0.1) is 0 Å². The number of rotatable bonds is 7. The lowest BCUT2D eigenvalue weighted by molar-refractivity contribution is -0.152. The second-order valence-electron chi connectivity index (χ2n) is 5.10. The van der Waals surface area contributed by atoms with Gasteiger partial charge >= 0.3 is 5.97 Å². The van der Waals surface area contributed by atoms with Gasteiger partial charge in [0.1, 0.15) is 6.04 Å². The highest BCUT2D eigenvalue weighted by Gasteiger charge is 2.31. The average molecular weight is 255 g/mol. The van der Waals surface area contributed by atoms with Crippen molar-refractivity contribution in [2.45, 2.75) is 70.8 Å². The van der Waals surface area contributed by atoms with E-state index in [9.17, 15) is 9.59 Å². The molecule has 1 rings (SSSR count). The van der Waals surface area contributed by atoms with Gasteiger partial charge in [-0.3, -0.25) is 4.79 Å². The van der Waals surface area contributed by atoms with Crippen LogP contribution in [0.1, 0.15) is 64.7 Å². The molecule has 0 unspecified atom stereocenters. The monoisotopic (exact) mass is 255 g/mol. The molecule has 104 valence electrons. The van der Waals surface area contributed by atoms with E-state index in [1.807, 2.05) is 0 Å². The Morgan fingerprint density at radius 2 is 1.89 bits per heavy atom. The number of unbranched alkanes of at least 4 members (excludes halogenated alkanes) is 4. The van der Waals surface area contributed by atoms with E-state index in [4.69, 9.17) is 5.11 Å². The van der Waals surface area contributed by atoms with Crippen molar-refractivity contribution in [3.63, 3.8) is 0 Å². The number of hydrogen-bond donors (Lipinski definition) is 1. The van der Waals surface area contributed by atoms with Crippen LogP contribution in [0.15, 0.2) is 0 Å². The summed E-state index contributed by atoms with van der Waals surface area (Å²) in [6.45, 7) is 2.78. The van der Waals surface area contributed by atoms with E-state index in [1.54, 1.807) is 4.90 Å². The van der Waals surface area contributed by atoms with Gasteiger partial charge in [-0.25, -0.2) is 4.79 Å². The molecule has 1 atom stereocenters. The van der Waals surface area contributed by atoms with Gasteiger partial charge in [0.15, 0.2) is 0 Å². The van der Waals surface area contributed by atoms with Crippen molar-refractivity contribution in [2.75, 3.05) is 6.54 Å². The van der Waals surface area contributed by atoms with Gasteiger partial charge in [0.25, 0.3) is 0 Å². The van der Waals surface area contributed by atoms with E-state index in [-0.39, 0.29) is 5.91 Å².